The summed E-state index contributed by atoms with van der Waals surface area (Å²) >= 11 is 1.44. The minimum atomic E-state index is -0.511. The van der Waals surface area contributed by atoms with Crippen molar-refractivity contribution in [3.05, 3.63) is 40.4 Å². The predicted molar refractivity (Wildman–Crippen MR) is 120 cm³/mol. The zero-order valence-corrected chi connectivity index (χ0v) is 18.9. The van der Waals surface area contributed by atoms with Gasteiger partial charge in [-0.2, -0.15) is 0 Å². The Hall–Kier alpha value is -2.65. The van der Waals surface area contributed by atoms with E-state index in [1.807, 2.05) is 46.8 Å². The quantitative estimate of drug-likeness (QED) is 0.516. The van der Waals surface area contributed by atoms with Gasteiger partial charge in [-0.15, -0.1) is 11.3 Å². The number of alkyl carbamates (subject to hydrolysis) is 1. The Bertz CT molecular complexity index is 861. The summed E-state index contributed by atoms with van der Waals surface area (Å²) in [7, 11) is 0. The molecular weight excluding hydrogens is 404 g/mol. The zero-order valence-electron chi connectivity index (χ0n) is 18.1. The van der Waals surface area contributed by atoms with E-state index >= 15 is 0 Å². The highest BCUT2D eigenvalue weighted by molar-refractivity contribution is 7.15. The Labute approximate surface area is 181 Å². The highest BCUT2D eigenvalue weighted by atomic mass is 32.1. The molecule has 3 N–H and O–H groups in total. The van der Waals surface area contributed by atoms with Crippen molar-refractivity contribution in [2.75, 3.05) is 36.9 Å². The van der Waals surface area contributed by atoms with Crippen LogP contribution >= 0.6 is 11.3 Å². The smallest absolute Gasteiger partial charge is 0.407 e. The first-order chi connectivity index (χ1) is 14.1. The van der Waals surface area contributed by atoms with Crippen LogP contribution in [0.2, 0.25) is 0 Å². The lowest BCUT2D eigenvalue weighted by Gasteiger charge is -2.19. The van der Waals surface area contributed by atoms with E-state index in [4.69, 9.17) is 9.47 Å². The summed E-state index contributed by atoms with van der Waals surface area (Å²) in [5, 5.41) is 9.31. The van der Waals surface area contributed by atoms with E-state index in [0.717, 1.165) is 16.1 Å². The third-order valence-electron chi connectivity index (χ3n) is 3.80. The van der Waals surface area contributed by atoms with Gasteiger partial charge in [-0.05, 0) is 58.4 Å². The molecule has 30 heavy (non-hydrogen) atoms. The van der Waals surface area contributed by atoms with Crippen molar-refractivity contribution < 1.29 is 19.1 Å². The van der Waals surface area contributed by atoms with Crippen molar-refractivity contribution in [1.82, 2.24) is 10.3 Å². The number of hydrogen-bond donors (Lipinski definition) is 3. The Kier molecular flexibility index (Phi) is 8.61. The number of amides is 2. The topological polar surface area (TPSA) is 102 Å². The van der Waals surface area contributed by atoms with Crippen LogP contribution in [0.4, 0.5) is 15.6 Å². The van der Waals surface area contributed by atoms with E-state index in [-0.39, 0.29) is 5.91 Å². The lowest BCUT2D eigenvalue weighted by Crippen LogP contribution is -2.34. The molecule has 0 aliphatic heterocycles. The number of nitrogens with zero attached hydrogens (tertiary/aromatic N) is 1. The van der Waals surface area contributed by atoms with Crippen molar-refractivity contribution in [2.45, 2.75) is 40.2 Å². The minimum Gasteiger partial charge on any atom is -0.444 e. The van der Waals surface area contributed by atoms with E-state index in [1.54, 1.807) is 12.3 Å². The monoisotopic (exact) mass is 434 g/mol. The molecule has 0 bridgehead atoms. The highest BCUT2D eigenvalue weighted by Gasteiger charge is 2.15. The summed E-state index contributed by atoms with van der Waals surface area (Å²) in [6.07, 6.45) is 1.28. The fraction of sp³-hybridized carbons (Fsp3) is 0.476. The number of anilines is 2. The molecule has 0 saturated heterocycles. The van der Waals surface area contributed by atoms with Crippen molar-refractivity contribution in [3.8, 4) is 0 Å². The molecule has 0 radical (unpaired) electrons. The summed E-state index contributed by atoms with van der Waals surface area (Å²) < 4.78 is 10.6. The van der Waals surface area contributed by atoms with Gasteiger partial charge in [-0.25, -0.2) is 9.78 Å². The first-order valence-corrected chi connectivity index (χ1v) is 10.6. The zero-order chi connectivity index (χ0) is 22.1. The summed E-state index contributed by atoms with van der Waals surface area (Å²) in [5.74, 6) is -0.172. The van der Waals surface area contributed by atoms with E-state index in [2.05, 4.69) is 20.9 Å². The number of ether oxygens (including phenoxy) is 2. The highest BCUT2D eigenvalue weighted by Crippen LogP contribution is 2.20. The maximum atomic E-state index is 12.4. The van der Waals surface area contributed by atoms with Crippen LogP contribution in [0, 0.1) is 13.8 Å². The van der Waals surface area contributed by atoms with Gasteiger partial charge in [0, 0.05) is 35.4 Å². The van der Waals surface area contributed by atoms with Crippen LogP contribution in [0.3, 0.4) is 0 Å². The maximum Gasteiger partial charge on any atom is 0.407 e. The van der Waals surface area contributed by atoms with Gasteiger partial charge in [0.1, 0.15) is 5.60 Å². The largest absolute Gasteiger partial charge is 0.444 e. The van der Waals surface area contributed by atoms with Crippen molar-refractivity contribution in [3.63, 3.8) is 0 Å². The predicted octanol–water partition coefficient (Wildman–Crippen LogP) is 3.97. The number of aryl methyl sites for hydroxylation is 2. The number of carbonyl (C=O) groups is 2. The van der Waals surface area contributed by atoms with E-state index in [0.29, 0.717) is 37.0 Å². The van der Waals surface area contributed by atoms with Crippen LogP contribution in [0.5, 0.6) is 0 Å². The van der Waals surface area contributed by atoms with Gasteiger partial charge in [0.05, 0.1) is 13.2 Å². The molecule has 8 nitrogen and oxygen atoms in total. The number of aromatic nitrogens is 1. The molecule has 164 valence electrons. The molecule has 2 aromatic rings. The van der Waals surface area contributed by atoms with Crippen LogP contribution in [0.1, 0.15) is 41.6 Å². The molecule has 2 amide bonds. The lowest BCUT2D eigenvalue weighted by molar-refractivity contribution is 0.0502. The van der Waals surface area contributed by atoms with Crippen molar-refractivity contribution in [1.29, 1.82) is 0 Å². The third-order valence-corrected chi connectivity index (χ3v) is 4.63. The van der Waals surface area contributed by atoms with Gasteiger partial charge in [0.2, 0.25) is 0 Å². The van der Waals surface area contributed by atoms with Gasteiger partial charge in [0.15, 0.2) is 5.13 Å². The number of carbonyl (C=O) groups excluding carboxylic acids is 2. The Balaban J connectivity index is 1.67. The Morgan fingerprint density at radius 3 is 2.50 bits per heavy atom. The molecule has 0 aliphatic carbocycles. The van der Waals surface area contributed by atoms with Crippen LogP contribution in [0.15, 0.2) is 24.4 Å². The average Bonchev–Trinajstić information content (AvgIpc) is 3.04. The summed E-state index contributed by atoms with van der Waals surface area (Å²) in [4.78, 5) is 29.1. The maximum absolute atomic E-state index is 12.4. The minimum absolute atomic E-state index is 0.172. The molecular formula is C21H30N4O4S. The van der Waals surface area contributed by atoms with Gasteiger partial charge in [-0.1, -0.05) is 0 Å². The second kappa shape index (κ2) is 10.9. The fourth-order valence-corrected chi connectivity index (χ4v) is 3.17. The van der Waals surface area contributed by atoms with Gasteiger partial charge >= 0.3 is 6.09 Å². The molecule has 1 aromatic carbocycles. The second-order valence-electron chi connectivity index (χ2n) is 7.73. The van der Waals surface area contributed by atoms with Crippen LogP contribution < -0.4 is 16.0 Å². The molecule has 9 heteroatoms. The SMILES string of the molecule is Cc1cnc(NC(=O)c2ccc(NCCOCCNC(=O)OC(C)(C)C)cc2C)s1. The Morgan fingerprint density at radius 1 is 1.13 bits per heavy atom. The summed E-state index contributed by atoms with van der Waals surface area (Å²) in [6.45, 7) is 11.2. The van der Waals surface area contributed by atoms with E-state index in [9.17, 15) is 9.59 Å². The van der Waals surface area contributed by atoms with Crippen molar-refractivity contribution >= 4 is 34.2 Å². The standard InChI is InChI=1S/C21H30N4O4S/c1-14-12-16(6-7-17(14)18(26)25-19-24-13-15(2)30-19)22-8-10-28-11-9-23-20(27)29-21(3,4)5/h6-7,12-13,22H,8-11H2,1-5H3,(H,23,27)(H,24,25,26). The summed E-state index contributed by atoms with van der Waals surface area (Å²) in [6, 6.07) is 5.57. The molecule has 2 rings (SSSR count). The number of thiazole rings is 1. The molecule has 0 unspecified atom stereocenters. The van der Waals surface area contributed by atoms with Crippen LogP contribution in [-0.4, -0.2) is 48.9 Å². The molecule has 1 heterocycles. The normalized spacial score (nSPS) is 11.1. The van der Waals surface area contributed by atoms with E-state index in [1.165, 1.54) is 11.3 Å². The number of benzene rings is 1. The van der Waals surface area contributed by atoms with Crippen molar-refractivity contribution in [2.24, 2.45) is 0 Å². The van der Waals surface area contributed by atoms with E-state index < -0.39 is 11.7 Å². The lowest BCUT2D eigenvalue weighted by atomic mass is 10.1. The fourth-order valence-electron chi connectivity index (χ4n) is 2.51. The number of nitrogens with one attached hydrogen (secondary N) is 3. The molecule has 0 saturated carbocycles. The van der Waals surface area contributed by atoms with Gasteiger partial charge in [0.25, 0.3) is 5.91 Å². The van der Waals surface area contributed by atoms with Gasteiger partial charge in [-0.3, -0.25) is 10.1 Å². The molecule has 0 spiro atoms. The average molecular weight is 435 g/mol. The first-order valence-electron chi connectivity index (χ1n) is 9.77. The molecule has 1 aromatic heterocycles. The molecule has 0 atom stereocenters. The number of hydrogen-bond acceptors (Lipinski definition) is 7. The first kappa shape index (κ1) is 23.6. The summed E-state index contributed by atoms with van der Waals surface area (Å²) in [5.41, 5.74) is 1.87. The molecule has 0 fully saturated rings. The Morgan fingerprint density at radius 2 is 1.87 bits per heavy atom. The third kappa shape index (κ3) is 8.38. The van der Waals surface area contributed by atoms with Gasteiger partial charge < -0.3 is 20.1 Å². The van der Waals surface area contributed by atoms with Crippen LogP contribution in [-0.2, 0) is 9.47 Å². The molecule has 0 aliphatic rings. The second-order valence-corrected chi connectivity index (χ2v) is 8.96. The number of rotatable bonds is 9. The van der Waals surface area contributed by atoms with Crippen LogP contribution in [0.25, 0.3) is 0 Å².